The molecule has 0 heterocycles. The average Bonchev–Trinajstić information content (AvgIpc) is 2.93. The minimum absolute atomic E-state index is 0.142. The van der Waals surface area contributed by atoms with Gasteiger partial charge in [-0.15, -0.1) is 6.58 Å². The lowest BCUT2D eigenvalue weighted by Gasteiger charge is -2.46. The molecular weight excluding hydrogens is 455 g/mol. The van der Waals surface area contributed by atoms with E-state index in [1.165, 1.54) is 106 Å². The van der Waals surface area contributed by atoms with E-state index in [0.717, 1.165) is 12.8 Å². The van der Waals surface area contributed by atoms with Gasteiger partial charge in [-0.05, 0) is 138 Å². The summed E-state index contributed by atoms with van der Waals surface area (Å²) in [5.74, 6) is 2.28. The summed E-state index contributed by atoms with van der Waals surface area (Å²) in [5, 5.41) is 0. The zero-order valence-electron chi connectivity index (χ0n) is 24.1. The average molecular weight is 511 g/mol. The van der Waals surface area contributed by atoms with Crippen LogP contribution in [0.2, 0.25) is 0 Å². The third-order valence-corrected chi connectivity index (χ3v) is 7.85. The second-order valence-corrected chi connectivity index (χ2v) is 10.4. The van der Waals surface area contributed by atoms with E-state index in [1.54, 1.807) is 37.8 Å². The van der Waals surface area contributed by atoms with Crippen LogP contribution in [-0.2, 0) is 19.3 Å². The van der Waals surface area contributed by atoms with Crippen LogP contribution in [0.25, 0.3) is 0 Å². The fourth-order valence-corrected chi connectivity index (χ4v) is 5.17. The number of nitrogens with two attached hydrogens (primary N) is 2. The summed E-state index contributed by atoms with van der Waals surface area (Å²) in [6.45, 7) is 6.03. The molecule has 0 aromatic heterocycles. The van der Waals surface area contributed by atoms with Gasteiger partial charge >= 0.3 is 0 Å². The fraction of sp³-hybridized carbons (Fsp3) is 0.588. The van der Waals surface area contributed by atoms with E-state index < -0.39 is 0 Å². The Hall–Kier alpha value is -1.97. The summed E-state index contributed by atoms with van der Waals surface area (Å²) in [7, 11) is 3.00. The number of benzene rings is 2. The number of allylic oxidation sites excluding steroid dienone is 1. The van der Waals surface area contributed by atoms with Gasteiger partial charge in [0.1, 0.15) is 5.82 Å². The van der Waals surface area contributed by atoms with Crippen LogP contribution in [0.5, 0.6) is 0 Å². The second kappa shape index (κ2) is 21.0. The molecule has 0 unspecified atom stereocenters. The minimum atomic E-state index is -0.142. The van der Waals surface area contributed by atoms with Crippen molar-refractivity contribution < 1.29 is 4.39 Å². The van der Waals surface area contributed by atoms with Gasteiger partial charge in [0.2, 0.25) is 0 Å². The van der Waals surface area contributed by atoms with Crippen LogP contribution in [-0.4, -0.2) is 14.1 Å². The highest BCUT2D eigenvalue weighted by atomic mass is 19.1. The summed E-state index contributed by atoms with van der Waals surface area (Å²) in [5.41, 5.74) is 14.7. The Morgan fingerprint density at radius 1 is 0.703 bits per heavy atom. The molecule has 0 amide bonds. The first-order chi connectivity index (χ1) is 18.2. The van der Waals surface area contributed by atoms with Gasteiger partial charge in [-0.1, -0.05) is 62.1 Å². The molecule has 2 nitrogen and oxygen atoms in total. The topological polar surface area (TPSA) is 52.0 Å². The maximum atomic E-state index is 12.9. The van der Waals surface area contributed by atoms with Crippen LogP contribution < -0.4 is 11.5 Å². The number of hydrogen-bond acceptors (Lipinski definition) is 2. The molecular formula is C34H55FN2. The van der Waals surface area contributed by atoms with Crippen molar-refractivity contribution in [3.8, 4) is 0 Å². The first-order valence-electron chi connectivity index (χ1n) is 14.7. The lowest BCUT2D eigenvalue weighted by molar-refractivity contribution is 0.0548. The number of halogens is 1. The van der Waals surface area contributed by atoms with Gasteiger partial charge in [0, 0.05) is 0 Å². The first-order valence-corrected chi connectivity index (χ1v) is 14.7. The summed E-state index contributed by atoms with van der Waals surface area (Å²) in [4.78, 5) is 0. The minimum Gasteiger partial charge on any atom is -0.333 e. The van der Waals surface area contributed by atoms with Crippen LogP contribution in [0.3, 0.4) is 0 Å². The fourth-order valence-electron chi connectivity index (χ4n) is 5.17. The molecule has 2 saturated carbocycles. The number of rotatable bonds is 13. The van der Waals surface area contributed by atoms with E-state index in [-0.39, 0.29) is 5.82 Å². The van der Waals surface area contributed by atoms with Crippen molar-refractivity contribution in [3.63, 3.8) is 0 Å². The molecule has 3 heteroatoms. The van der Waals surface area contributed by atoms with E-state index in [2.05, 4.69) is 43.2 Å². The molecule has 2 aromatic carbocycles. The van der Waals surface area contributed by atoms with Gasteiger partial charge in [0.15, 0.2) is 0 Å². The van der Waals surface area contributed by atoms with E-state index >= 15 is 0 Å². The van der Waals surface area contributed by atoms with Crippen molar-refractivity contribution in [3.05, 3.63) is 83.2 Å². The quantitative estimate of drug-likeness (QED) is 0.209. The van der Waals surface area contributed by atoms with Crippen LogP contribution in [0.15, 0.2) is 55.1 Å². The number of aryl methyl sites for hydroxylation is 4. The highest BCUT2D eigenvalue weighted by Crippen LogP contribution is 2.49. The van der Waals surface area contributed by atoms with Gasteiger partial charge in [-0.3, -0.25) is 0 Å². The Balaban J connectivity index is 0.000000570. The van der Waals surface area contributed by atoms with Crippen LogP contribution in [0.4, 0.5) is 4.39 Å². The molecule has 2 aliphatic rings. The molecule has 37 heavy (non-hydrogen) atoms. The highest BCUT2D eigenvalue weighted by Gasteiger charge is 2.37. The molecule has 2 aliphatic carbocycles. The van der Waals surface area contributed by atoms with Crippen LogP contribution in [0, 0.1) is 24.6 Å². The third-order valence-electron chi connectivity index (χ3n) is 7.85. The third kappa shape index (κ3) is 13.4. The standard InChI is InChI=1S/C26H35F.C6H10.2CH5N/c1-3-4-9-14-25-21-24(16-15-22(25)2)13-11-8-6-5-7-10-12-23-17-19-26(27)20-18-23;1-2-6-4-3-5(1)6;2*1-2/h3,15-21H,1,4-14H2,2H3;5-6H,1-4H2;2*2H2,1H3. The maximum absolute atomic E-state index is 12.9. The Morgan fingerprint density at radius 3 is 1.68 bits per heavy atom. The molecule has 2 fully saturated rings. The molecule has 4 rings (SSSR count). The Morgan fingerprint density at radius 2 is 1.19 bits per heavy atom. The van der Waals surface area contributed by atoms with Crippen molar-refractivity contribution >= 4 is 0 Å². The van der Waals surface area contributed by atoms with Crippen molar-refractivity contribution in [1.29, 1.82) is 0 Å². The summed E-state index contributed by atoms with van der Waals surface area (Å²) in [6, 6.07) is 13.9. The molecule has 0 bridgehead atoms. The molecule has 0 aliphatic heterocycles. The van der Waals surface area contributed by atoms with Crippen LogP contribution >= 0.6 is 0 Å². The van der Waals surface area contributed by atoms with E-state index in [9.17, 15) is 4.39 Å². The summed E-state index contributed by atoms with van der Waals surface area (Å²) < 4.78 is 12.9. The number of fused-ring (bicyclic) bond motifs is 1. The SMILES string of the molecule is C1CC2CCC12.C=CCCCc1cc(CCCCCCCCc2ccc(F)cc2)ccc1C.CN.CN. The predicted molar refractivity (Wildman–Crippen MR) is 161 cm³/mol. The monoisotopic (exact) mass is 510 g/mol. The van der Waals surface area contributed by atoms with Crippen LogP contribution in [0.1, 0.15) is 99.3 Å². The summed E-state index contributed by atoms with van der Waals surface area (Å²) >= 11 is 0. The Kier molecular flexibility index (Phi) is 18.8. The van der Waals surface area contributed by atoms with Crippen molar-refractivity contribution in [2.24, 2.45) is 23.3 Å². The highest BCUT2D eigenvalue weighted by molar-refractivity contribution is 5.31. The molecule has 2 aromatic rings. The zero-order valence-corrected chi connectivity index (χ0v) is 24.1. The molecule has 0 radical (unpaired) electrons. The van der Waals surface area contributed by atoms with Gasteiger partial charge in [-0.2, -0.15) is 0 Å². The molecule has 208 valence electrons. The second-order valence-electron chi connectivity index (χ2n) is 10.4. The van der Waals surface area contributed by atoms with E-state index in [0.29, 0.717) is 0 Å². The maximum Gasteiger partial charge on any atom is 0.123 e. The molecule has 0 saturated heterocycles. The van der Waals surface area contributed by atoms with Gasteiger partial charge in [-0.25, -0.2) is 4.39 Å². The smallest absolute Gasteiger partial charge is 0.123 e. The van der Waals surface area contributed by atoms with Crippen molar-refractivity contribution in [1.82, 2.24) is 0 Å². The van der Waals surface area contributed by atoms with Crippen molar-refractivity contribution in [2.45, 2.75) is 103 Å². The molecule has 4 N–H and O–H groups in total. The Labute approximate surface area is 228 Å². The number of unbranched alkanes of at least 4 members (excludes halogenated alkanes) is 6. The first kappa shape index (κ1) is 33.1. The predicted octanol–water partition coefficient (Wildman–Crippen LogP) is 8.72. The molecule has 0 atom stereocenters. The lowest BCUT2D eigenvalue weighted by atomic mass is 9.60. The largest absolute Gasteiger partial charge is 0.333 e. The normalized spacial score (nSPS) is 16.7. The van der Waals surface area contributed by atoms with Gasteiger partial charge < -0.3 is 11.5 Å². The summed E-state index contributed by atoms with van der Waals surface area (Å²) in [6.07, 6.45) is 21.7. The van der Waals surface area contributed by atoms with Gasteiger partial charge in [0.05, 0.1) is 0 Å². The van der Waals surface area contributed by atoms with Gasteiger partial charge in [0.25, 0.3) is 0 Å². The van der Waals surface area contributed by atoms with Crippen molar-refractivity contribution in [2.75, 3.05) is 14.1 Å². The zero-order chi connectivity index (χ0) is 27.3. The number of hydrogen-bond donors (Lipinski definition) is 2. The lowest BCUT2D eigenvalue weighted by Crippen LogP contribution is -2.34. The van der Waals surface area contributed by atoms with E-state index in [1.807, 2.05) is 18.2 Å². The molecule has 0 spiro atoms. The Bertz CT molecular complexity index is 812. The van der Waals surface area contributed by atoms with E-state index in [4.69, 9.17) is 0 Å².